The van der Waals surface area contributed by atoms with Gasteiger partial charge in [-0.2, -0.15) is 0 Å². The Hall–Kier alpha value is -0.530. The molecule has 0 spiro atoms. The first-order valence-electron chi connectivity index (χ1n) is 5.90. The van der Waals surface area contributed by atoms with Crippen molar-refractivity contribution in [2.24, 2.45) is 17.8 Å². The normalized spacial score (nSPS) is 39.9. The van der Waals surface area contributed by atoms with Gasteiger partial charge in [-0.05, 0) is 25.7 Å². The van der Waals surface area contributed by atoms with Gasteiger partial charge in [-0.25, -0.2) is 0 Å². The summed E-state index contributed by atoms with van der Waals surface area (Å²) >= 11 is 0. The topological polar surface area (TPSA) is 26.3 Å². The van der Waals surface area contributed by atoms with Crippen molar-refractivity contribution in [1.82, 2.24) is 0 Å². The van der Waals surface area contributed by atoms with Crippen LogP contribution < -0.4 is 0 Å². The molecule has 0 aromatic rings. The summed E-state index contributed by atoms with van der Waals surface area (Å²) in [5, 5.41) is 0. The third-order valence-electron chi connectivity index (χ3n) is 4.04. The highest BCUT2D eigenvalue weighted by Gasteiger charge is 2.43. The number of carbonyl (C=O) groups excluding carboxylic acids is 1. The third kappa shape index (κ3) is 1.67. The predicted molar refractivity (Wildman–Crippen MR) is 54.8 cm³/mol. The lowest BCUT2D eigenvalue weighted by Gasteiger charge is -2.27. The van der Waals surface area contributed by atoms with Gasteiger partial charge < -0.3 is 4.74 Å². The highest BCUT2D eigenvalue weighted by atomic mass is 16.6. The molecule has 2 nitrogen and oxygen atoms in total. The molecule has 2 fully saturated rings. The van der Waals surface area contributed by atoms with Gasteiger partial charge in [-0.3, -0.25) is 4.79 Å². The van der Waals surface area contributed by atoms with Crippen molar-refractivity contribution in [1.29, 1.82) is 0 Å². The number of carbonyl (C=O) groups is 1. The Labute approximate surface area is 86.0 Å². The Kier molecular flexibility index (Phi) is 2.80. The van der Waals surface area contributed by atoms with Crippen molar-refractivity contribution in [2.75, 3.05) is 0 Å². The van der Waals surface area contributed by atoms with Gasteiger partial charge in [-0.1, -0.05) is 26.2 Å². The summed E-state index contributed by atoms with van der Waals surface area (Å²) < 4.78 is 5.30. The van der Waals surface area contributed by atoms with Crippen LogP contribution in [0.4, 0.5) is 0 Å². The molecular formula is C12H20O2. The van der Waals surface area contributed by atoms with Crippen LogP contribution in [0.5, 0.6) is 0 Å². The number of ether oxygens (including phenoxy) is 1. The molecule has 2 rings (SSSR count). The average molecular weight is 196 g/mol. The zero-order valence-electron chi connectivity index (χ0n) is 9.16. The van der Waals surface area contributed by atoms with Crippen molar-refractivity contribution in [3.63, 3.8) is 0 Å². The van der Waals surface area contributed by atoms with E-state index in [4.69, 9.17) is 4.74 Å². The van der Waals surface area contributed by atoms with Gasteiger partial charge in [0.1, 0.15) is 6.10 Å². The molecular weight excluding hydrogens is 176 g/mol. The number of hydrogen-bond donors (Lipinski definition) is 0. The van der Waals surface area contributed by atoms with Crippen LogP contribution in [0.1, 0.15) is 46.0 Å². The van der Waals surface area contributed by atoms with Crippen LogP contribution in [0.15, 0.2) is 0 Å². The summed E-state index contributed by atoms with van der Waals surface area (Å²) in [6.45, 7) is 4.18. The molecule has 0 amide bonds. The molecule has 2 heteroatoms. The van der Waals surface area contributed by atoms with Gasteiger partial charge in [-0.15, -0.1) is 0 Å². The van der Waals surface area contributed by atoms with E-state index in [1.165, 1.54) is 32.1 Å². The maximum absolute atomic E-state index is 11.7. The lowest BCUT2D eigenvalue weighted by Crippen LogP contribution is -2.26. The minimum Gasteiger partial charge on any atom is -0.462 e. The first kappa shape index (κ1) is 10.0. The van der Waals surface area contributed by atoms with E-state index in [9.17, 15) is 4.79 Å². The Morgan fingerprint density at radius 1 is 1.14 bits per heavy atom. The van der Waals surface area contributed by atoms with Crippen molar-refractivity contribution in [3.05, 3.63) is 0 Å². The first-order valence-corrected chi connectivity index (χ1v) is 5.90. The van der Waals surface area contributed by atoms with E-state index in [1.54, 1.807) is 0 Å². The fourth-order valence-corrected chi connectivity index (χ4v) is 2.99. The highest BCUT2D eigenvalue weighted by Crippen LogP contribution is 2.40. The number of cyclic esters (lactones) is 1. The van der Waals surface area contributed by atoms with Gasteiger partial charge >= 0.3 is 5.97 Å². The van der Waals surface area contributed by atoms with E-state index in [0.717, 1.165) is 0 Å². The number of hydrogen-bond acceptors (Lipinski definition) is 2. The van der Waals surface area contributed by atoms with E-state index in [0.29, 0.717) is 11.8 Å². The van der Waals surface area contributed by atoms with E-state index in [2.05, 4.69) is 6.92 Å². The van der Waals surface area contributed by atoms with Crippen LogP contribution in [-0.4, -0.2) is 12.1 Å². The quantitative estimate of drug-likeness (QED) is 0.603. The molecule has 1 unspecified atom stereocenters. The Morgan fingerprint density at radius 3 is 2.29 bits per heavy atom. The van der Waals surface area contributed by atoms with E-state index < -0.39 is 0 Å². The fraction of sp³-hybridized carbons (Fsp3) is 0.917. The number of esters is 1. The SMILES string of the molecule is CC1OC(=O)[C@H](C2CCCCC2)[C@@H]1C. The van der Waals surface area contributed by atoms with Gasteiger partial charge in [0.15, 0.2) is 0 Å². The van der Waals surface area contributed by atoms with Crippen molar-refractivity contribution >= 4 is 5.97 Å². The summed E-state index contributed by atoms with van der Waals surface area (Å²) in [7, 11) is 0. The second-order valence-electron chi connectivity index (χ2n) is 4.92. The number of rotatable bonds is 1. The van der Waals surface area contributed by atoms with Gasteiger partial charge in [0, 0.05) is 5.92 Å². The first-order chi connectivity index (χ1) is 6.70. The zero-order valence-corrected chi connectivity index (χ0v) is 9.16. The summed E-state index contributed by atoms with van der Waals surface area (Å²) in [5.41, 5.74) is 0. The lowest BCUT2D eigenvalue weighted by atomic mass is 9.75. The molecule has 2 aliphatic rings. The molecule has 0 N–H and O–H groups in total. The summed E-state index contributed by atoms with van der Waals surface area (Å²) in [5.74, 6) is 1.30. The molecule has 1 aliphatic carbocycles. The summed E-state index contributed by atoms with van der Waals surface area (Å²) in [6.07, 6.45) is 6.55. The van der Waals surface area contributed by atoms with Crippen LogP contribution >= 0.6 is 0 Å². The minimum absolute atomic E-state index is 0.0666. The largest absolute Gasteiger partial charge is 0.462 e. The molecule has 0 bridgehead atoms. The molecule has 1 saturated carbocycles. The molecule has 0 aromatic carbocycles. The van der Waals surface area contributed by atoms with Crippen molar-refractivity contribution in [3.8, 4) is 0 Å². The summed E-state index contributed by atoms with van der Waals surface area (Å²) in [6, 6.07) is 0. The molecule has 14 heavy (non-hydrogen) atoms. The smallest absolute Gasteiger partial charge is 0.309 e. The second kappa shape index (κ2) is 3.92. The Bertz CT molecular complexity index is 218. The monoisotopic (exact) mass is 196 g/mol. The molecule has 0 aromatic heterocycles. The highest BCUT2D eigenvalue weighted by molar-refractivity contribution is 5.75. The molecule has 80 valence electrons. The van der Waals surface area contributed by atoms with Crippen molar-refractivity contribution in [2.45, 2.75) is 52.1 Å². The van der Waals surface area contributed by atoms with E-state index in [1.807, 2.05) is 6.92 Å². The van der Waals surface area contributed by atoms with Gasteiger partial charge in [0.25, 0.3) is 0 Å². The fourth-order valence-electron chi connectivity index (χ4n) is 2.99. The molecule has 0 radical (unpaired) electrons. The molecule has 1 saturated heterocycles. The molecule has 3 atom stereocenters. The Balaban J connectivity index is 2.04. The third-order valence-corrected chi connectivity index (χ3v) is 4.04. The maximum Gasteiger partial charge on any atom is 0.309 e. The molecule has 1 aliphatic heterocycles. The average Bonchev–Trinajstić information content (AvgIpc) is 2.43. The van der Waals surface area contributed by atoms with Crippen LogP contribution in [-0.2, 0) is 9.53 Å². The maximum atomic E-state index is 11.7. The van der Waals surface area contributed by atoms with E-state index >= 15 is 0 Å². The van der Waals surface area contributed by atoms with Crippen LogP contribution in [0.25, 0.3) is 0 Å². The lowest BCUT2D eigenvalue weighted by molar-refractivity contribution is -0.145. The standard InChI is InChI=1S/C12H20O2/c1-8-9(2)14-12(13)11(8)10-6-4-3-5-7-10/h8-11H,3-7H2,1-2H3/t8-,9?,11+/m1/s1. The second-order valence-corrected chi connectivity index (χ2v) is 4.92. The van der Waals surface area contributed by atoms with Gasteiger partial charge in [0.2, 0.25) is 0 Å². The van der Waals surface area contributed by atoms with Gasteiger partial charge in [0.05, 0.1) is 5.92 Å². The van der Waals surface area contributed by atoms with E-state index in [-0.39, 0.29) is 18.0 Å². The van der Waals surface area contributed by atoms with Crippen LogP contribution in [0, 0.1) is 17.8 Å². The minimum atomic E-state index is 0.0666. The van der Waals surface area contributed by atoms with Crippen LogP contribution in [0.3, 0.4) is 0 Å². The zero-order chi connectivity index (χ0) is 10.1. The Morgan fingerprint density at radius 2 is 1.79 bits per heavy atom. The van der Waals surface area contributed by atoms with Crippen LogP contribution in [0.2, 0.25) is 0 Å². The molecule has 1 heterocycles. The summed E-state index contributed by atoms with van der Waals surface area (Å²) in [4.78, 5) is 11.7. The predicted octanol–water partition coefficient (Wildman–Crippen LogP) is 2.76. The van der Waals surface area contributed by atoms with Crippen molar-refractivity contribution < 1.29 is 9.53 Å².